The summed E-state index contributed by atoms with van der Waals surface area (Å²) in [6.07, 6.45) is 6.26. The molecule has 1 aromatic carbocycles. The molecule has 0 fully saturated rings. The second-order valence-electron chi connectivity index (χ2n) is 14.3. The zero-order chi connectivity index (χ0) is 48.5. The van der Waals surface area contributed by atoms with Gasteiger partial charge in [-0.05, 0) is 36.7 Å². The van der Waals surface area contributed by atoms with Crippen LogP contribution in [-0.4, -0.2) is 135 Å². The van der Waals surface area contributed by atoms with Gasteiger partial charge in [0.05, 0.1) is 79.3 Å². The normalized spacial score (nSPS) is 11.3. The molecule has 0 radical (unpaired) electrons. The van der Waals surface area contributed by atoms with E-state index in [0.717, 1.165) is 32.1 Å². The highest BCUT2D eigenvalue weighted by Gasteiger charge is 2.28. The third-order valence-electron chi connectivity index (χ3n) is 9.15. The van der Waals surface area contributed by atoms with Crippen LogP contribution in [0, 0.1) is 29.1 Å². The molecule has 0 spiro atoms. The number of carbonyl (C=O) groups excluding carboxylic acids is 4. The van der Waals surface area contributed by atoms with Gasteiger partial charge in [-0.3, -0.25) is 19.2 Å². The van der Waals surface area contributed by atoms with Crippen LogP contribution in [0.4, 0.5) is 22.0 Å². The Labute approximate surface area is 380 Å². The maximum absolute atomic E-state index is 13.7. The second-order valence-corrected chi connectivity index (χ2v) is 14.3. The number of benzene rings is 1. The number of amides is 3. The van der Waals surface area contributed by atoms with Gasteiger partial charge in [-0.2, -0.15) is 8.78 Å². The summed E-state index contributed by atoms with van der Waals surface area (Å²) >= 11 is 0. The van der Waals surface area contributed by atoms with E-state index >= 15 is 0 Å². The Bertz CT molecular complexity index is 1560. The molecule has 0 bridgehead atoms. The van der Waals surface area contributed by atoms with Crippen LogP contribution < -0.4 is 20.7 Å². The predicted molar refractivity (Wildman–Crippen MR) is 227 cm³/mol. The van der Waals surface area contributed by atoms with Gasteiger partial charge in [0.25, 0.3) is 0 Å². The van der Waals surface area contributed by atoms with Crippen LogP contribution in [0.5, 0.6) is 5.75 Å². The molecule has 3 N–H and O–H groups in total. The fourth-order valence-electron chi connectivity index (χ4n) is 5.74. The van der Waals surface area contributed by atoms with Gasteiger partial charge in [-0.1, -0.05) is 48.8 Å². The number of hydrogen-bond donors (Lipinski definition) is 3. The average molecular weight is 954 g/mol. The smallest absolute Gasteiger partial charge is 0.311 e. The van der Waals surface area contributed by atoms with Gasteiger partial charge in [0, 0.05) is 67.7 Å². The molecule has 0 heterocycles. The summed E-state index contributed by atoms with van der Waals surface area (Å²) in [5, 5.41) is 15.2. The number of unbranched alkanes of at least 4 members (excludes halogenated alkanes) is 7. The molecule has 0 aliphatic rings. The Kier molecular flexibility index (Phi) is 36.2. The summed E-state index contributed by atoms with van der Waals surface area (Å²) < 4.78 is 104. The molecule has 0 saturated carbocycles. The fourth-order valence-corrected chi connectivity index (χ4v) is 5.74. The lowest BCUT2D eigenvalue weighted by atomic mass is 10.0. The lowest BCUT2D eigenvalue weighted by Crippen LogP contribution is -2.38. The first-order valence-corrected chi connectivity index (χ1v) is 22.0. The van der Waals surface area contributed by atoms with E-state index in [4.69, 9.17) is 39.5 Å². The quantitative estimate of drug-likeness (QED) is 0.00765. The Morgan fingerprint density at radius 2 is 0.833 bits per heavy atom. The molecular weight excluding hydrogens is 889 g/mol. The summed E-state index contributed by atoms with van der Waals surface area (Å²) in [5.41, 5.74) is 16.4. The summed E-state index contributed by atoms with van der Waals surface area (Å²) in [5.74, 6) is -14.6. The van der Waals surface area contributed by atoms with E-state index in [0.29, 0.717) is 91.8 Å². The Morgan fingerprint density at radius 1 is 0.470 bits per heavy atom. The van der Waals surface area contributed by atoms with Crippen molar-refractivity contribution in [1.82, 2.24) is 16.0 Å². The first-order chi connectivity index (χ1) is 32.0. The summed E-state index contributed by atoms with van der Waals surface area (Å²) in [6.45, 7) is 4.92. The highest BCUT2D eigenvalue weighted by molar-refractivity contribution is 5.78. The molecule has 0 saturated heterocycles. The first-order valence-electron chi connectivity index (χ1n) is 22.0. The van der Waals surface area contributed by atoms with E-state index in [1.165, 1.54) is 0 Å². The number of hydrogen-bond acceptors (Lipinski definition) is 13. The van der Waals surface area contributed by atoms with Crippen molar-refractivity contribution in [2.45, 2.75) is 95.9 Å². The molecule has 20 nitrogen and oxygen atoms in total. The van der Waals surface area contributed by atoms with Gasteiger partial charge in [0.2, 0.25) is 52.6 Å². The van der Waals surface area contributed by atoms with E-state index in [9.17, 15) is 41.1 Å². The summed E-state index contributed by atoms with van der Waals surface area (Å²) in [6, 6.07) is -0.435. The standard InChI is InChI=1S/C41H64F5N9O11/c42-36-37(43)39(45)41(40(46)38(36)44)66-35(59)10-8-6-4-2-1-3-5-7-9-34(58)53-31(11-13-32(56)49-15-19-60-23-27-64-29-25-62-21-17-51-54-47)12-14-33(57)50-16-20-61-24-28-65-30-26-63-22-18-52-55-48/h31H,1-30H2,(H,49,56)(H,50,57)(H,53,58). The molecule has 3 amide bonds. The molecule has 0 aliphatic heterocycles. The van der Waals surface area contributed by atoms with E-state index in [1.807, 2.05) is 0 Å². The Balaban J connectivity index is 2.35. The molecule has 0 aromatic heterocycles. The maximum atomic E-state index is 13.7. The van der Waals surface area contributed by atoms with Crippen molar-refractivity contribution in [3.05, 3.63) is 50.0 Å². The van der Waals surface area contributed by atoms with E-state index in [1.54, 1.807) is 0 Å². The third kappa shape index (κ3) is 31.1. The lowest BCUT2D eigenvalue weighted by molar-refractivity contribution is -0.135. The van der Waals surface area contributed by atoms with Crippen molar-refractivity contribution in [2.75, 3.05) is 105 Å². The minimum Gasteiger partial charge on any atom is -0.420 e. The van der Waals surface area contributed by atoms with Crippen molar-refractivity contribution in [2.24, 2.45) is 10.2 Å². The fraction of sp³-hybridized carbons (Fsp3) is 0.756. The number of nitrogens with zero attached hydrogens (tertiary/aromatic N) is 6. The second kappa shape index (κ2) is 40.4. The molecule has 1 rings (SSSR count). The topological polar surface area (TPSA) is 266 Å². The number of ether oxygens (including phenoxy) is 7. The maximum Gasteiger partial charge on any atom is 0.311 e. The number of esters is 1. The number of rotatable bonds is 43. The van der Waals surface area contributed by atoms with Crippen LogP contribution >= 0.6 is 0 Å². The van der Waals surface area contributed by atoms with Crippen LogP contribution in [0.1, 0.15) is 89.9 Å². The van der Waals surface area contributed by atoms with Gasteiger partial charge in [-0.15, -0.1) is 0 Å². The van der Waals surface area contributed by atoms with Gasteiger partial charge < -0.3 is 49.1 Å². The van der Waals surface area contributed by atoms with E-state index in [2.05, 4.69) is 40.7 Å². The zero-order valence-electron chi connectivity index (χ0n) is 37.4. The number of nitrogens with one attached hydrogen (secondary N) is 3. The largest absolute Gasteiger partial charge is 0.420 e. The summed E-state index contributed by atoms with van der Waals surface area (Å²) in [4.78, 5) is 55.2. The third-order valence-corrected chi connectivity index (χ3v) is 9.15. The van der Waals surface area contributed by atoms with E-state index in [-0.39, 0.29) is 89.2 Å². The monoisotopic (exact) mass is 953 g/mol. The van der Waals surface area contributed by atoms with Crippen LogP contribution in [0.15, 0.2) is 10.2 Å². The predicted octanol–water partition coefficient (Wildman–Crippen LogP) is 6.19. The minimum atomic E-state index is -2.34. The Morgan fingerprint density at radius 3 is 1.26 bits per heavy atom. The molecule has 25 heteroatoms. The lowest BCUT2D eigenvalue weighted by Gasteiger charge is -2.19. The highest BCUT2D eigenvalue weighted by atomic mass is 19.2. The van der Waals surface area contributed by atoms with Crippen molar-refractivity contribution in [3.8, 4) is 5.75 Å². The van der Waals surface area contributed by atoms with Gasteiger partial charge in [-0.25, -0.2) is 13.2 Å². The molecule has 66 heavy (non-hydrogen) atoms. The number of azide groups is 2. The number of carbonyl (C=O) groups is 4. The molecule has 1 aromatic rings. The van der Waals surface area contributed by atoms with Crippen LogP contribution in [-0.2, 0) is 47.6 Å². The zero-order valence-corrected chi connectivity index (χ0v) is 37.4. The first kappa shape index (κ1) is 59.1. The highest BCUT2D eigenvalue weighted by Crippen LogP contribution is 2.29. The van der Waals surface area contributed by atoms with Crippen molar-refractivity contribution >= 4 is 23.7 Å². The van der Waals surface area contributed by atoms with Gasteiger partial charge >= 0.3 is 5.97 Å². The number of halogens is 5. The SMILES string of the molecule is [N-]=[N+]=NCCOCCOCCOCCNC(=O)CCC(CCC(=O)NCCOCCOCCOCCN=[N+]=[N-])NC(=O)CCCCCCCCCCC(=O)Oc1c(F)c(F)c(F)c(F)c1F. The van der Waals surface area contributed by atoms with E-state index < -0.39 is 46.8 Å². The molecule has 0 atom stereocenters. The molecule has 0 aliphatic carbocycles. The van der Waals surface area contributed by atoms with Crippen molar-refractivity contribution in [3.63, 3.8) is 0 Å². The molecular formula is C41H64F5N9O11. The minimum absolute atomic E-state index is 0.111. The Hall–Kier alpha value is -4.87. The van der Waals surface area contributed by atoms with Crippen LogP contribution in [0.3, 0.4) is 0 Å². The van der Waals surface area contributed by atoms with Gasteiger partial charge in [0.15, 0.2) is 0 Å². The van der Waals surface area contributed by atoms with Crippen LogP contribution in [0.2, 0.25) is 0 Å². The molecule has 374 valence electrons. The average Bonchev–Trinajstić information content (AvgIpc) is 3.30. The van der Waals surface area contributed by atoms with Crippen LogP contribution in [0.25, 0.3) is 20.9 Å². The molecule has 0 unspecified atom stereocenters. The van der Waals surface area contributed by atoms with Crippen molar-refractivity contribution in [1.29, 1.82) is 0 Å². The summed E-state index contributed by atoms with van der Waals surface area (Å²) in [7, 11) is 0. The van der Waals surface area contributed by atoms with Gasteiger partial charge in [0.1, 0.15) is 0 Å². The van der Waals surface area contributed by atoms with Crippen molar-refractivity contribution < 1.29 is 74.3 Å².